The maximum absolute atomic E-state index is 12.3. The van der Waals surface area contributed by atoms with Gasteiger partial charge in [0.25, 0.3) is 0 Å². The van der Waals surface area contributed by atoms with E-state index in [2.05, 4.69) is 48.4 Å². The van der Waals surface area contributed by atoms with Gasteiger partial charge in [-0.2, -0.15) is 0 Å². The molecule has 0 aliphatic rings. The van der Waals surface area contributed by atoms with Crippen molar-refractivity contribution in [3.8, 4) is 0 Å². The van der Waals surface area contributed by atoms with E-state index in [1.165, 1.54) is 180 Å². The summed E-state index contributed by atoms with van der Waals surface area (Å²) in [6, 6.07) is 6.99. The summed E-state index contributed by atoms with van der Waals surface area (Å²) in [5, 5.41) is 5.53. The number of hydrogen-bond acceptors (Lipinski definition) is 6. The molecule has 0 aliphatic heterocycles. The van der Waals surface area contributed by atoms with Crippen LogP contribution in [0.15, 0.2) is 24.3 Å². The van der Waals surface area contributed by atoms with Crippen LogP contribution in [0.4, 0.5) is 21.0 Å². The molecule has 1 rings (SSSR count). The van der Waals surface area contributed by atoms with Crippen molar-refractivity contribution in [3.05, 3.63) is 24.3 Å². The molecule has 1 aromatic rings. The maximum Gasteiger partial charge on any atom is 0.411 e. The SMILES string of the molecule is CCCCCCCCCCCCCCCCN(C)CCCCOC(=O)Nc1ccc(NC(=O)OCCCCN(C)CCCCCCCCCCCCCCCC)cc1. The number of rotatable bonds is 42. The number of nitrogens with zero attached hydrogens (tertiary/aromatic N) is 2. The number of nitrogens with one attached hydrogen (secondary N) is 2. The van der Waals surface area contributed by atoms with Gasteiger partial charge in [0, 0.05) is 11.4 Å². The molecular formula is C50H94N4O4. The fourth-order valence-electron chi connectivity index (χ4n) is 7.62. The maximum atomic E-state index is 12.3. The minimum absolute atomic E-state index is 0.403. The summed E-state index contributed by atoms with van der Waals surface area (Å²) in [5.74, 6) is 0. The lowest BCUT2D eigenvalue weighted by Crippen LogP contribution is -2.21. The van der Waals surface area contributed by atoms with Crippen LogP contribution >= 0.6 is 0 Å². The molecule has 338 valence electrons. The number of carbonyl (C=O) groups excluding carboxylic acids is 2. The molecule has 1 aromatic carbocycles. The minimum Gasteiger partial charge on any atom is -0.449 e. The lowest BCUT2D eigenvalue weighted by molar-refractivity contribution is 0.156. The summed E-state index contributed by atoms with van der Waals surface area (Å²) in [7, 11) is 4.38. The minimum atomic E-state index is -0.457. The van der Waals surface area contributed by atoms with Gasteiger partial charge in [-0.25, -0.2) is 9.59 Å². The summed E-state index contributed by atoms with van der Waals surface area (Å²) < 4.78 is 10.8. The molecule has 0 heterocycles. The van der Waals surface area contributed by atoms with Crippen molar-refractivity contribution < 1.29 is 19.1 Å². The Morgan fingerprint density at radius 1 is 0.379 bits per heavy atom. The molecule has 8 heteroatoms. The number of carbonyl (C=O) groups is 2. The van der Waals surface area contributed by atoms with Crippen molar-refractivity contribution in [1.82, 2.24) is 9.80 Å². The van der Waals surface area contributed by atoms with E-state index in [9.17, 15) is 9.59 Å². The summed E-state index contributed by atoms with van der Waals surface area (Å²) in [6.45, 7) is 9.70. The second-order valence-electron chi connectivity index (χ2n) is 17.3. The van der Waals surface area contributed by atoms with E-state index in [0.717, 1.165) is 51.9 Å². The first-order chi connectivity index (χ1) is 28.4. The number of unbranched alkanes of at least 4 members (excludes halogenated alkanes) is 28. The Balaban J connectivity index is 1.93. The van der Waals surface area contributed by atoms with Crippen LogP contribution in [-0.2, 0) is 9.47 Å². The van der Waals surface area contributed by atoms with E-state index in [-0.39, 0.29) is 0 Å². The quantitative estimate of drug-likeness (QED) is 0.0640. The molecule has 2 N–H and O–H groups in total. The number of hydrogen-bond donors (Lipinski definition) is 2. The molecule has 0 fully saturated rings. The highest BCUT2D eigenvalue weighted by atomic mass is 16.6. The van der Waals surface area contributed by atoms with Gasteiger partial charge in [-0.3, -0.25) is 10.6 Å². The fraction of sp³-hybridized carbons (Fsp3) is 0.840. The fourth-order valence-corrected chi connectivity index (χ4v) is 7.62. The van der Waals surface area contributed by atoms with Crippen LogP contribution in [0.1, 0.15) is 219 Å². The van der Waals surface area contributed by atoms with Gasteiger partial charge < -0.3 is 19.3 Å². The average molecular weight is 815 g/mol. The summed E-state index contributed by atoms with van der Waals surface area (Å²) in [6.07, 6.45) is 41.7. The molecule has 0 aromatic heterocycles. The zero-order valence-corrected chi connectivity index (χ0v) is 38.7. The van der Waals surface area contributed by atoms with E-state index < -0.39 is 12.2 Å². The molecule has 0 aliphatic carbocycles. The number of ether oxygens (including phenoxy) is 2. The van der Waals surface area contributed by atoms with Gasteiger partial charge in [-0.05, 0) is 103 Å². The Bertz CT molecular complexity index is 958. The predicted molar refractivity (Wildman–Crippen MR) is 250 cm³/mol. The monoisotopic (exact) mass is 815 g/mol. The highest BCUT2D eigenvalue weighted by Gasteiger charge is 2.07. The van der Waals surface area contributed by atoms with Crippen LogP contribution < -0.4 is 10.6 Å². The van der Waals surface area contributed by atoms with Crippen molar-refractivity contribution in [3.63, 3.8) is 0 Å². The highest BCUT2D eigenvalue weighted by Crippen LogP contribution is 2.16. The molecule has 0 bridgehead atoms. The van der Waals surface area contributed by atoms with Crippen LogP contribution in [-0.4, -0.2) is 75.5 Å². The van der Waals surface area contributed by atoms with Crippen LogP contribution in [0.5, 0.6) is 0 Å². The van der Waals surface area contributed by atoms with Crippen LogP contribution in [0.2, 0.25) is 0 Å². The molecule has 0 spiro atoms. The molecule has 58 heavy (non-hydrogen) atoms. The number of amides is 2. The first kappa shape index (κ1) is 53.7. The van der Waals surface area contributed by atoms with Gasteiger partial charge in [0.05, 0.1) is 13.2 Å². The molecule has 0 saturated heterocycles. The van der Waals surface area contributed by atoms with Crippen molar-refractivity contribution >= 4 is 23.6 Å². The molecule has 2 amide bonds. The van der Waals surface area contributed by atoms with Crippen LogP contribution in [0.3, 0.4) is 0 Å². The van der Waals surface area contributed by atoms with E-state index in [4.69, 9.17) is 9.47 Å². The van der Waals surface area contributed by atoms with E-state index in [0.29, 0.717) is 24.6 Å². The zero-order chi connectivity index (χ0) is 42.0. The topological polar surface area (TPSA) is 83.1 Å². The molecule has 0 radical (unpaired) electrons. The Morgan fingerprint density at radius 2 is 0.603 bits per heavy atom. The zero-order valence-electron chi connectivity index (χ0n) is 38.7. The predicted octanol–water partition coefficient (Wildman–Crippen LogP) is 15.2. The second kappa shape index (κ2) is 41.4. The van der Waals surface area contributed by atoms with E-state index in [1.807, 2.05) is 0 Å². The Labute approximate surface area is 359 Å². The molecule has 0 unspecified atom stereocenters. The van der Waals surface area contributed by atoms with Gasteiger partial charge in [-0.15, -0.1) is 0 Å². The number of anilines is 2. The van der Waals surface area contributed by atoms with Crippen molar-refractivity contribution in [2.45, 2.75) is 219 Å². The van der Waals surface area contributed by atoms with Crippen molar-refractivity contribution in [2.24, 2.45) is 0 Å². The van der Waals surface area contributed by atoms with E-state index in [1.54, 1.807) is 24.3 Å². The second-order valence-corrected chi connectivity index (χ2v) is 17.3. The lowest BCUT2D eigenvalue weighted by Gasteiger charge is -2.16. The largest absolute Gasteiger partial charge is 0.449 e. The van der Waals surface area contributed by atoms with Crippen LogP contribution in [0, 0.1) is 0 Å². The van der Waals surface area contributed by atoms with E-state index >= 15 is 0 Å². The van der Waals surface area contributed by atoms with Gasteiger partial charge in [0.2, 0.25) is 0 Å². The summed E-state index contributed by atoms with van der Waals surface area (Å²) in [5.41, 5.74) is 1.24. The number of benzene rings is 1. The van der Waals surface area contributed by atoms with Gasteiger partial charge in [-0.1, -0.05) is 181 Å². The van der Waals surface area contributed by atoms with Gasteiger partial charge in [0.15, 0.2) is 0 Å². The summed E-state index contributed by atoms with van der Waals surface area (Å²) >= 11 is 0. The first-order valence-electron chi connectivity index (χ1n) is 24.8. The Morgan fingerprint density at radius 3 is 0.862 bits per heavy atom. The Hall–Kier alpha value is -2.32. The molecule has 8 nitrogen and oxygen atoms in total. The van der Waals surface area contributed by atoms with Gasteiger partial charge >= 0.3 is 12.2 Å². The third-order valence-electron chi connectivity index (χ3n) is 11.5. The first-order valence-corrected chi connectivity index (χ1v) is 24.8. The highest BCUT2D eigenvalue weighted by molar-refractivity contribution is 5.87. The van der Waals surface area contributed by atoms with Crippen molar-refractivity contribution in [1.29, 1.82) is 0 Å². The molecule has 0 saturated carbocycles. The molecular weight excluding hydrogens is 721 g/mol. The third kappa shape index (κ3) is 36.7. The van der Waals surface area contributed by atoms with Crippen LogP contribution in [0.25, 0.3) is 0 Å². The standard InChI is InChI=1S/C50H94N4O4/c1-5-7-9-11-13-15-17-19-21-23-25-27-29-31-41-53(3)43-33-35-45-57-49(55)51-47-37-39-48(40-38-47)52-50(56)58-46-36-34-44-54(4)42-32-30-28-26-24-22-20-18-16-14-12-10-8-6-2/h37-40H,5-36,41-46H2,1-4H3,(H,51,55)(H,52,56). The van der Waals surface area contributed by atoms with Crippen molar-refractivity contribution in [2.75, 3.05) is 64.1 Å². The van der Waals surface area contributed by atoms with Gasteiger partial charge in [0.1, 0.15) is 0 Å². The molecule has 0 atom stereocenters. The lowest BCUT2D eigenvalue weighted by atomic mass is 10.0. The summed E-state index contributed by atoms with van der Waals surface area (Å²) in [4.78, 5) is 29.3. The third-order valence-corrected chi connectivity index (χ3v) is 11.5. The smallest absolute Gasteiger partial charge is 0.411 e. The average Bonchev–Trinajstić information content (AvgIpc) is 3.21. The normalized spacial score (nSPS) is 11.4. The Kier molecular flexibility index (Phi) is 38.3.